The number of para-hydroxylation sites is 1. The molecule has 1 heterocycles. The van der Waals surface area contributed by atoms with Gasteiger partial charge in [-0.2, -0.15) is 0 Å². The van der Waals surface area contributed by atoms with Crippen LogP contribution in [-0.4, -0.2) is 4.57 Å². The van der Waals surface area contributed by atoms with Crippen LogP contribution in [-0.2, 0) is 13.5 Å². The molecule has 0 aliphatic carbocycles. The van der Waals surface area contributed by atoms with Crippen LogP contribution in [0.1, 0.15) is 23.6 Å². The predicted octanol–water partition coefficient (Wildman–Crippen LogP) is 5.69. The number of aryl methyl sites for hydroxylation is 2. The SMILES string of the molecule is C=C(C)/C(=C/Cc1cn(C)c2ccccc12)c1ccccc1C. The fourth-order valence-electron chi connectivity index (χ4n) is 3.19. The molecule has 0 N–H and O–H groups in total. The van der Waals surface area contributed by atoms with Crippen LogP contribution in [0, 0.1) is 6.92 Å². The number of hydrogen-bond acceptors (Lipinski definition) is 0. The van der Waals surface area contributed by atoms with E-state index in [1.54, 1.807) is 0 Å². The summed E-state index contributed by atoms with van der Waals surface area (Å²) in [5.41, 5.74) is 7.56. The van der Waals surface area contributed by atoms with Gasteiger partial charge in [0.2, 0.25) is 0 Å². The van der Waals surface area contributed by atoms with Crippen molar-refractivity contribution in [1.29, 1.82) is 0 Å². The van der Waals surface area contributed by atoms with Gasteiger partial charge in [-0.15, -0.1) is 0 Å². The number of aromatic nitrogens is 1. The van der Waals surface area contributed by atoms with Crippen LogP contribution >= 0.6 is 0 Å². The Hall–Kier alpha value is -2.54. The molecule has 0 saturated heterocycles. The van der Waals surface area contributed by atoms with Crippen molar-refractivity contribution in [1.82, 2.24) is 4.57 Å². The first kappa shape index (κ1) is 15.4. The fourth-order valence-corrected chi connectivity index (χ4v) is 3.19. The van der Waals surface area contributed by atoms with Crippen molar-refractivity contribution in [2.45, 2.75) is 20.3 Å². The van der Waals surface area contributed by atoms with Crippen molar-refractivity contribution < 1.29 is 0 Å². The van der Waals surface area contributed by atoms with Crippen LogP contribution in [0.25, 0.3) is 16.5 Å². The fraction of sp³-hybridized carbons (Fsp3) is 0.182. The number of fused-ring (bicyclic) bond motifs is 1. The average Bonchev–Trinajstić information content (AvgIpc) is 2.86. The predicted molar refractivity (Wildman–Crippen MR) is 101 cm³/mol. The van der Waals surface area contributed by atoms with Gasteiger partial charge in [-0.05, 0) is 48.6 Å². The van der Waals surface area contributed by atoms with Crippen LogP contribution in [0.5, 0.6) is 0 Å². The number of rotatable bonds is 4. The molecule has 0 radical (unpaired) electrons. The summed E-state index contributed by atoms with van der Waals surface area (Å²) in [6.07, 6.45) is 5.46. The molecule has 1 aromatic heterocycles. The summed E-state index contributed by atoms with van der Waals surface area (Å²) in [7, 11) is 2.11. The maximum Gasteiger partial charge on any atom is 0.0480 e. The highest BCUT2D eigenvalue weighted by atomic mass is 14.9. The molecule has 0 atom stereocenters. The third kappa shape index (κ3) is 3.00. The summed E-state index contributed by atoms with van der Waals surface area (Å²) in [4.78, 5) is 0. The summed E-state index contributed by atoms with van der Waals surface area (Å²) < 4.78 is 2.20. The highest BCUT2D eigenvalue weighted by Crippen LogP contribution is 2.27. The van der Waals surface area contributed by atoms with E-state index in [-0.39, 0.29) is 0 Å². The van der Waals surface area contributed by atoms with E-state index < -0.39 is 0 Å². The average molecular weight is 301 g/mol. The highest BCUT2D eigenvalue weighted by molar-refractivity contribution is 5.85. The lowest BCUT2D eigenvalue weighted by Gasteiger charge is -2.11. The molecule has 23 heavy (non-hydrogen) atoms. The zero-order valence-corrected chi connectivity index (χ0v) is 14.1. The second-order valence-electron chi connectivity index (χ2n) is 6.20. The van der Waals surface area contributed by atoms with Crippen molar-refractivity contribution in [2.24, 2.45) is 7.05 Å². The minimum Gasteiger partial charge on any atom is -0.350 e. The molecular weight excluding hydrogens is 278 g/mol. The van der Waals surface area contributed by atoms with E-state index in [1.807, 2.05) is 0 Å². The molecule has 0 spiro atoms. The van der Waals surface area contributed by atoms with Gasteiger partial charge in [0.05, 0.1) is 0 Å². The van der Waals surface area contributed by atoms with Gasteiger partial charge >= 0.3 is 0 Å². The molecule has 1 heteroatoms. The molecule has 0 fully saturated rings. The summed E-state index contributed by atoms with van der Waals surface area (Å²) in [6.45, 7) is 8.42. The van der Waals surface area contributed by atoms with Gasteiger partial charge in [0.15, 0.2) is 0 Å². The first-order chi connectivity index (χ1) is 11.1. The summed E-state index contributed by atoms with van der Waals surface area (Å²) in [5, 5.41) is 1.33. The minimum absolute atomic E-state index is 0.915. The molecule has 0 amide bonds. The second kappa shape index (κ2) is 6.29. The first-order valence-corrected chi connectivity index (χ1v) is 8.03. The molecular formula is C22H23N. The van der Waals surface area contributed by atoms with Gasteiger partial charge in [-0.25, -0.2) is 0 Å². The van der Waals surface area contributed by atoms with Crippen molar-refractivity contribution in [3.63, 3.8) is 0 Å². The molecule has 3 rings (SSSR count). The minimum atomic E-state index is 0.915. The van der Waals surface area contributed by atoms with Crippen LogP contribution < -0.4 is 0 Å². The topological polar surface area (TPSA) is 4.93 Å². The van der Waals surface area contributed by atoms with E-state index in [0.29, 0.717) is 0 Å². The monoisotopic (exact) mass is 301 g/mol. The first-order valence-electron chi connectivity index (χ1n) is 8.03. The molecule has 2 aromatic carbocycles. The summed E-state index contributed by atoms with van der Waals surface area (Å²) in [6, 6.07) is 17.1. The van der Waals surface area contributed by atoms with Gasteiger partial charge in [-0.3, -0.25) is 0 Å². The molecule has 0 bridgehead atoms. The van der Waals surface area contributed by atoms with E-state index in [4.69, 9.17) is 0 Å². The normalized spacial score (nSPS) is 11.9. The zero-order chi connectivity index (χ0) is 16.4. The van der Waals surface area contributed by atoms with Gasteiger partial charge in [0, 0.05) is 24.1 Å². The van der Waals surface area contributed by atoms with Crippen molar-refractivity contribution >= 4 is 16.5 Å². The van der Waals surface area contributed by atoms with Crippen molar-refractivity contribution in [2.75, 3.05) is 0 Å². The van der Waals surface area contributed by atoms with E-state index >= 15 is 0 Å². The Labute approximate surface area is 138 Å². The Bertz CT molecular complexity index is 893. The van der Waals surface area contributed by atoms with E-state index in [1.165, 1.54) is 33.2 Å². The number of nitrogens with zero attached hydrogens (tertiary/aromatic N) is 1. The van der Waals surface area contributed by atoms with Crippen LogP contribution in [0.15, 0.2) is 73.0 Å². The van der Waals surface area contributed by atoms with Crippen LogP contribution in [0.2, 0.25) is 0 Å². The Balaban J connectivity index is 2.01. The zero-order valence-electron chi connectivity index (χ0n) is 14.1. The highest BCUT2D eigenvalue weighted by Gasteiger charge is 2.08. The molecule has 0 unspecified atom stereocenters. The summed E-state index contributed by atoms with van der Waals surface area (Å²) in [5.74, 6) is 0. The third-order valence-electron chi connectivity index (χ3n) is 4.40. The lowest BCUT2D eigenvalue weighted by molar-refractivity contribution is 0.960. The van der Waals surface area contributed by atoms with Gasteiger partial charge in [0.25, 0.3) is 0 Å². The molecule has 1 nitrogen and oxygen atoms in total. The third-order valence-corrected chi connectivity index (χ3v) is 4.40. The quantitative estimate of drug-likeness (QED) is 0.546. The molecule has 3 aromatic rings. The van der Waals surface area contributed by atoms with Gasteiger partial charge in [0.1, 0.15) is 0 Å². The number of benzene rings is 2. The van der Waals surface area contributed by atoms with Crippen molar-refractivity contribution in [3.8, 4) is 0 Å². The van der Waals surface area contributed by atoms with E-state index in [9.17, 15) is 0 Å². The Morgan fingerprint density at radius 2 is 1.78 bits per heavy atom. The van der Waals surface area contributed by atoms with Crippen LogP contribution in [0.4, 0.5) is 0 Å². The molecule has 0 aliphatic heterocycles. The number of hydrogen-bond donors (Lipinski definition) is 0. The maximum absolute atomic E-state index is 4.18. The van der Waals surface area contributed by atoms with Gasteiger partial charge in [-0.1, -0.05) is 60.7 Å². The van der Waals surface area contributed by atoms with E-state index in [0.717, 1.165) is 12.0 Å². The lowest BCUT2D eigenvalue weighted by Crippen LogP contribution is -1.91. The Morgan fingerprint density at radius 3 is 2.52 bits per heavy atom. The largest absolute Gasteiger partial charge is 0.350 e. The molecule has 0 aliphatic rings. The smallest absolute Gasteiger partial charge is 0.0480 e. The number of allylic oxidation sites excluding steroid dienone is 3. The summed E-state index contributed by atoms with van der Waals surface area (Å²) >= 11 is 0. The Kier molecular flexibility index (Phi) is 4.20. The molecule has 116 valence electrons. The second-order valence-corrected chi connectivity index (χ2v) is 6.20. The van der Waals surface area contributed by atoms with Gasteiger partial charge < -0.3 is 4.57 Å². The molecule has 0 saturated carbocycles. The van der Waals surface area contributed by atoms with Crippen molar-refractivity contribution in [3.05, 3.63) is 89.6 Å². The lowest BCUT2D eigenvalue weighted by atomic mass is 9.94. The van der Waals surface area contributed by atoms with Crippen LogP contribution in [0.3, 0.4) is 0 Å². The standard InChI is InChI=1S/C22H23N/c1-16(2)19(20-10-6-5-9-17(20)3)14-13-18-15-23(4)22-12-8-7-11-21(18)22/h5-12,14-15H,1,13H2,2-4H3/b19-14-. The Morgan fingerprint density at radius 1 is 1.09 bits per heavy atom. The van der Waals surface area contributed by atoms with E-state index in [2.05, 4.69) is 92.8 Å². The maximum atomic E-state index is 4.18.